The molecule has 0 radical (unpaired) electrons. The van der Waals surface area contributed by atoms with Crippen molar-refractivity contribution in [2.75, 3.05) is 0 Å². The summed E-state index contributed by atoms with van der Waals surface area (Å²) < 4.78 is 1.61. The second-order valence-corrected chi connectivity index (χ2v) is 4.11. The molecule has 0 saturated heterocycles. The second-order valence-electron chi connectivity index (χ2n) is 4.11. The van der Waals surface area contributed by atoms with Crippen LogP contribution in [0.15, 0.2) is 12.4 Å². The van der Waals surface area contributed by atoms with Crippen molar-refractivity contribution in [1.82, 2.24) is 20.0 Å². The molecule has 0 spiro atoms. The predicted octanol–water partition coefficient (Wildman–Crippen LogP) is 1.97. The largest absolute Gasteiger partial charge is 0.219 e. The number of aryl methyl sites for hydroxylation is 2. The van der Waals surface area contributed by atoms with Crippen molar-refractivity contribution in [3.05, 3.63) is 34.8 Å². The van der Waals surface area contributed by atoms with Crippen LogP contribution in [0, 0.1) is 18.3 Å². The number of aromatic nitrogens is 4. The Morgan fingerprint density at radius 3 is 2.56 bits per heavy atom. The molecule has 2 rings (SSSR count). The standard InChI is InChI=1S/C13H15N5/c1-4-10-11(6-14)13(17-16-12(10)5-2)18-8-9(3)7-15-18/h7-8H,4-5H2,1-3H3. The minimum atomic E-state index is 0.514. The lowest BCUT2D eigenvalue weighted by atomic mass is 10.0. The van der Waals surface area contributed by atoms with Gasteiger partial charge in [0.05, 0.1) is 11.9 Å². The van der Waals surface area contributed by atoms with Crippen molar-refractivity contribution in [3.63, 3.8) is 0 Å². The summed E-state index contributed by atoms with van der Waals surface area (Å²) in [4.78, 5) is 0. The molecule has 0 aromatic carbocycles. The van der Waals surface area contributed by atoms with E-state index in [1.807, 2.05) is 27.0 Å². The van der Waals surface area contributed by atoms with Gasteiger partial charge in [-0.05, 0) is 30.9 Å². The lowest BCUT2D eigenvalue weighted by Crippen LogP contribution is -2.10. The van der Waals surface area contributed by atoms with E-state index in [2.05, 4.69) is 21.4 Å². The second kappa shape index (κ2) is 4.96. The van der Waals surface area contributed by atoms with Crippen LogP contribution in [0.1, 0.15) is 36.2 Å². The summed E-state index contributed by atoms with van der Waals surface area (Å²) in [5.41, 5.74) is 3.46. The quantitative estimate of drug-likeness (QED) is 0.823. The van der Waals surface area contributed by atoms with Crippen molar-refractivity contribution >= 4 is 0 Å². The van der Waals surface area contributed by atoms with Gasteiger partial charge in [-0.2, -0.15) is 15.5 Å². The number of hydrogen-bond acceptors (Lipinski definition) is 4. The molecule has 2 aromatic heterocycles. The first-order chi connectivity index (χ1) is 8.71. The fourth-order valence-corrected chi connectivity index (χ4v) is 1.97. The van der Waals surface area contributed by atoms with Crippen LogP contribution < -0.4 is 0 Å². The maximum atomic E-state index is 9.36. The first-order valence-corrected chi connectivity index (χ1v) is 6.01. The summed E-state index contributed by atoms with van der Waals surface area (Å²) in [6, 6.07) is 2.23. The minimum absolute atomic E-state index is 0.514. The summed E-state index contributed by atoms with van der Waals surface area (Å²) >= 11 is 0. The van der Waals surface area contributed by atoms with E-state index in [1.54, 1.807) is 10.9 Å². The maximum absolute atomic E-state index is 9.36. The summed E-state index contributed by atoms with van der Waals surface area (Å²) in [6.45, 7) is 5.99. The monoisotopic (exact) mass is 241 g/mol. The SMILES string of the molecule is CCc1nnc(-n2cc(C)cn2)c(C#N)c1CC. The summed E-state index contributed by atoms with van der Waals surface area (Å²) in [6.07, 6.45) is 5.14. The van der Waals surface area contributed by atoms with E-state index in [0.29, 0.717) is 11.4 Å². The molecule has 2 aromatic rings. The van der Waals surface area contributed by atoms with Gasteiger partial charge in [-0.1, -0.05) is 13.8 Å². The third-order valence-electron chi connectivity index (χ3n) is 2.87. The summed E-state index contributed by atoms with van der Waals surface area (Å²) in [5.74, 6) is 0.514. The molecule has 5 nitrogen and oxygen atoms in total. The number of nitrogens with zero attached hydrogens (tertiary/aromatic N) is 5. The predicted molar refractivity (Wildman–Crippen MR) is 67.4 cm³/mol. The number of rotatable bonds is 3. The van der Waals surface area contributed by atoms with Crippen LogP contribution in [0.4, 0.5) is 0 Å². The molecule has 0 amide bonds. The van der Waals surface area contributed by atoms with Crippen molar-refractivity contribution in [2.24, 2.45) is 0 Å². The molecule has 0 fully saturated rings. The molecule has 0 aliphatic heterocycles. The lowest BCUT2D eigenvalue weighted by Gasteiger charge is -2.09. The molecule has 0 saturated carbocycles. The average molecular weight is 241 g/mol. The highest BCUT2D eigenvalue weighted by molar-refractivity contribution is 5.49. The van der Waals surface area contributed by atoms with Gasteiger partial charge >= 0.3 is 0 Å². The third-order valence-corrected chi connectivity index (χ3v) is 2.87. The average Bonchev–Trinajstić information content (AvgIpc) is 2.83. The topological polar surface area (TPSA) is 67.4 Å². The Morgan fingerprint density at radius 2 is 2.06 bits per heavy atom. The van der Waals surface area contributed by atoms with Crippen LogP contribution in [-0.4, -0.2) is 20.0 Å². The van der Waals surface area contributed by atoms with E-state index < -0.39 is 0 Å². The van der Waals surface area contributed by atoms with E-state index in [0.717, 1.165) is 29.7 Å². The Hall–Kier alpha value is -2.22. The van der Waals surface area contributed by atoms with Gasteiger partial charge in [0, 0.05) is 6.20 Å². The van der Waals surface area contributed by atoms with Crippen LogP contribution in [0.2, 0.25) is 0 Å². The molecule has 18 heavy (non-hydrogen) atoms. The van der Waals surface area contributed by atoms with Crippen molar-refractivity contribution < 1.29 is 0 Å². The Labute approximate surface area is 106 Å². The van der Waals surface area contributed by atoms with Gasteiger partial charge in [-0.25, -0.2) is 4.68 Å². The van der Waals surface area contributed by atoms with E-state index in [1.165, 1.54) is 0 Å². The first-order valence-electron chi connectivity index (χ1n) is 6.01. The zero-order valence-electron chi connectivity index (χ0n) is 10.8. The molecule has 0 aliphatic rings. The number of hydrogen-bond donors (Lipinski definition) is 0. The van der Waals surface area contributed by atoms with Gasteiger partial charge in [-0.15, -0.1) is 5.10 Å². The lowest BCUT2D eigenvalue weighted by molar-refractivity contribution is 0.778. The molecular formula is C13H15N5. The molecule has 0 N–H and O–H groups in total. The molecule has 0 atom stereocenters. The van der Waals surface area contributed by atoms with Crippen LogP contribution in [0.5, 0.6) is 0 Å². The van der Waals surface area contributed by atoms with Gasteiger partial charge in [0.1, 0.15) is 11.6 Å². The van der Waals surface area contributed by atoms with Crippen molar-refractivity contribution in [1.29, 1.82) is 5.26 Å². The molecule has 0 aliphatic carbocycles. The van der Waals surface area contributed by atoms with E-state index in [-0.39, 0.29) is 0 Å². The van der Waals surface area contributed by atoms with Crippen LogP contribution in [0.25, 0.3) is 5.82 Å². The fourth-order valence-electron chi connectivity index (χ4n) is 1.97. The molecule has 92 valence electrons. The summed E-state index contributed by atoms with van der Waals surface area (Å²) in [5, 5.41) is 21.9. The molecule has 0 unspecified atom stereocenters. The molecule has 0 bridgehead atoms. The van der Waals surface area contributed by atoms with Crippen molar-refractivity contribution in [3.8, 4) is 11.9 Å². The van der Waals surface area contributed by atoms with Gasteiger partial charge in [0.2, 0.25) is 0 Å². The summed E-state index contributed by atoms with van der Waals surface area (Å²) in [7, 11) is 0. The normalized spacial score (nSPS) is 10.3. The highest BCUT2D eigenvalue weighted by Gasteiger charge is 2.15. The number of nitriles is 1. The van der Waals surface area contributed by atoms with E-state index in [4.69, 9.17) is 0 Å². The minimum Gasteiger partial charge on any atom is -0.219 e. The van der Waals surface area contributed by atoms with Gasteiger partial charge in [0.25, 0.3) is 0 Å². The third kappa shape index (κ3) is 1.97. The Balaban J connectivity index is 2.66. The molecule has 5 heteroatoms. The van der Waals surface area contributed by atoms with Crippen LogP contribution >= 0.6 is 0 Å². The Morgan fingerprint density at radius 1 is 1.28 bits per heavy atom. The van der Waals surface area contributed by atoms with Gasteiger partial charge < -0.3 is 0 Å². The maximum Gasteiger partial charge on any atom is 0.193 e. The fraction of sp³-hybridized carbons (Fsp3) is 0.385. The van der Waals surface area contributed by atoms with Gasteiger partial charge in [-0.3, -0.25) is 0 Å². The first kappa shape index (κ1) is 12.2. The molecule has 2 heterocycles. The van der Waals surface area contributed by atoms with Gasteiger partial charge in [0.15, 0.2) is 5.82 Å². The van der Waals surface area contributed by atoms with Crippen LogP contribution in [-0.2, 0) is 12.8 Å². The Bertz CT molecular complexity index is 606. The zero-order valence-corrected chi connectivity index (χ0v) is 10.8. The zero-order chi connectivity index (χ0) is 13.1. The van der Waals surface area contributed by atoms with Crippen LogP contribution in [0.3, 0.4) is 0 Å². The smallest absolute Gasteiger partial charge is 0.193 e. The Kier molecular flexibility index (Phi) is 3.38. The van der Waals surface area contributed by atoms with E-state index in [9.17, 15) is 5.26 Å². The highest BCUT2D eigenvalue weighted by Crippen LogP contribution is 2.19. The molecular weight excluding hydrogens is 226 g/mol. The van der Waals surface area contributed by atoms with Crippen molar-refractivity contribution in [2.45, 2.75) is 33.6 Å². The van der Waals surface area contributed by atoms with E-state index >= 15 is 0 Å². The highest BCUT2D eigenvalue weighted by atomic mass is 15.3.